The van der Waals surface area contributed by atoms with Crippen LogP contribution in [0, 0.1) is 5.82 Å². The van der Waals surface area contributed by atoms with Gasteiger partial charge in [-0.2, -0.15) is 0 Å². The van der Waals surface area contributed by atoms with Crippen molar-refractivity contribution < 1.29 is 9.18 Å². The first-order chi connectivity index (χ1) is 13.4. The number of piperidine rings is 1. The number of carbonyl (C=O) groups is 1. The van der Waals surface area contributed by atoms with Crippen molar-refractivity contribution in [1.82, 2.24) is 10.2 Å². The van der Waals surface area contributed by atoms with E-state index in [0.29, 0.717) is 28.9 Å². The van der Waals surface area contributed by atoms with Crippen LogP contribution in [-0.2, 0) is 4.79 Å². The number of carbonyl (C=O) groups excluding carboxylic acids is 1. The molecule has 0 radical (unpaired) electrons. The molecule has 2 heterocycles. The lowest BCUT2D eigenvalue weighted by Crippen LogP contribution is -2.48. The highest BCUT2D eigenvalue weighted by molar-refractivity contribution is 6.20. The van der Waals surface area contributed by atoms with Crippen molar-refractivity contribution in [2.75, 3.05) is 12.8 Å². The Kier molecular flexibility index (Phi) is 4.94. The van der Waals surface area contributed by atoms with E-state index in [2.05, 4.69) is 23.8 Å². The van der Waals surface area contributed by atoms with Crippen LogP contribution in [0.5, 0.6) is 0 Å². The fourth-order valence-electron chi connectivity index (χ4n) is 4.58. The van der Waals surface area contributed by atoms with Crippen LogP contribution < -0.4 is 11.1 Å². The van der Waals surface area contributed by atoms with Gasteiger partial charge in [0.05, 0.1) is 0 Å². The van der Waals surface area contributed by atoms with Gasteiger partial charge in [0, 0.05) is 34.9 Å². The average Bonchev–Trinajstić information content (AvgIpc) is 2.89. The van der Waals surface area contributed by atoms with Crippen LogP contribution in [0.4, 0.5) is 10.1 Å². The van der Waals surface area contributed by atoms with E-state index in [9.17, 15) is 9.18 Å². The molecule has 2 aromatic rings. The molecule has 2 aromatic carbocycles. The van der Waals surface area contributed by atoms with Crippen LogP contribution in [0.3, 0.4) is 0 Å². The Morgan fingerprint density at radius 1 is 1.11 bits per heavy atom. The van der Waals surface area contributed by atoms with Gasteiger partial charge in [-0.05, 0) is 62.1 Å². The summed E-state index contributed by atoms with van der Waals surface area (Å²) in [5, 5.41) is 3.16. The van der Waals surface area contributed by atoms with E-state index in [1.807, 2.05) is 12.1 Å². The minimum Gasteiger partial charge on any atom is -0.398 e. The molecule has 2 saturated heterocycles. The Labute approximate surface area is 165 Å². The van der Waals surface area contributed by atoms with Crippen molar-refractivity contribution in [2.45, 2.75) is 43.8 Å². The molecule has 0 spiro atoms. The SMILES string of the molecule is C=C(C(=O)NC1CC2CCC(C1)N2C)c1ccc(-c2ccc(F)cc2)cc1N. The molecule has 0 aliphatic carbocycles. The van der Waals surface area contributed by atoms with E-state index in [-0.39, 0.29) is 17.8 Å². The van der Waals surface area contributed by atoms with Gasteiger partial charge in [0.25, 0.3) is 5.91 Å². The number of hydrogen-bond donors (Lipinski definition) is 2. The normalized spacial score (nSPS) is 24.1. The zero-order valence-corrected chi connectivity index (χ0v) is 16.1. The maximum Gasteiger partial charge on any atom is 0.251 e. The fourth-order valence-corrected chi connectivity index (χ4v) is 4.58. The molecule has 2 bridgehead atoms. The van der Waals surface area contributed by atoms with Crippen LogP contribution in [0.2, 0.25) is 0 Å². The number of halogens is 1. The number of amides is 1. The lowest BCUT2D eigenvalue weighted by atomic mass is 9.96. The summed E-state index contributed by atoms with van der Waals surface area (Å²) in [7, 11) is 2.18. The number of rotatable bonds is 4. The Balaban J connectivity index is 1.45. The highest BCUT2D eigenvalue weighted by Gasteiger charge is 2.38. The molecule has 1 amide bonds. The highest BCUT2D eigenvalue weighted by Crippen LogP contribution is 2.34. The monoisotopic (exact) mass is 379 g/mol. The smallest absolute Gasteiger partial charge is 0.251 e. The van der Waals surface area contributed by atoms with Gasteiger partial charge < -0.3 is 16.0 Å². The number of benzene rings is 2. The zero-order valence-electron chi connectivity index (χ0n) is 16.1. The molecule has 28 heavy (non-hydrogen) atoms. The van der Waals surface area contributed by atoms with Crippen LogP contribution >= 0.6 is 0 Å². The number of nitrogens with zero attached hydrogens (tertiary/aromatic N) is 1. The van der Waals surface area contributed by atoms with Crippen LogP contribution in [0.1, 0.15) is 31.2 Å². The second kappa shape index (κ2) is 7.40. The van der Waals surface area contributed by atoms with Crippen molar-refractivity contribution >= 4 is 17.2 Å². The summed E-state index contributed by atoms with van der Waals surface area (Å²) in [4.78, 5) is 15.2. The third-order valence-electron chi connectivity index (χ3n) is 6.26. The minimum absolute atomic E-state index is 0.157. The third-order valence-corrected chi connectivity index (χ3v) is 6.26. The molecule has 146 valence electrons. The summed E-state index contributed by atoms with van der Waals surface area (Å²) in [6.07, 6.45) is 4.41. The van der Waals surface area contributed by atoms with Gasteiger partial charge in [0.2, 0.25) is 0 Å². The van der Waals surface area contributed by atoms with Gasteiger partial charge in [-0.3, -0.25) is 4.79 Å². The summed E-state index contributed by atoms with van der Waals surface area (Å²) in [6, 6.07) is 13.1. The molecule has 2 aliphatic rings. The molecule has 0 aromatic heterocycles. The van der Waals surface area contributed by atoms with E-state index in [0.717, 1.165) is 24.0 Å². The van der Waals surface area contributed by atoms with Gasteiger partial charge in [0.15, 0.2) is 0 Å². The number of nitrogen functional groups attached to an aromatic ring is 1. The van der Waals surface area contributed by atoms with Crippen molar-refractivity contribution in [1.29, 1.82) is 0 Å². The predicted octanol–water partition coefficient (Wildman–Crippen LogP) is 3.83. The summed E-state index contributed by atoms with van der Waals surface area (Å²) >= 11 is 0. The fraction of sp³-hybridized carbons (Fsp3) is 0.348. The Bertz CT molecular complexity index is 895. The molecule has 5 heteroatoms. The molecule has 4 rings (SSSR count). The summed E-state index contributed by atoms with van der Waals surface area (Å²) in [6.45, 7) is 3.98. The van der Waals surface area contributed by atoms with Gasteiger partial charge in [-0.15, -0.1) is 0 Å². The quantitative estimate of drug-likeness (QED) is 0.627. The summed E-state index contributed by atoms with van der Waals surface area (Å²) < 4.78 is 13.1. The number of hydrogen-bond acceptors (Lipinski definition) is 3. The van der Waals surface area contributed by atoms with E-state index < -0.39 is 0 Å². The average molecular weight is 379 g/mol. The van der Waals surface area contributed by atoms with Crippen LogP contribution in [0.25, 0.3) is 16.7 Å². The highest BCUT2D eigenvalue weighted by atomic mass is 19.1. The van der Waals surface area contributed by atoms with Gasteiger partial charge in [-0.1, -0.05) is 30.8 Å². The lowest BCUT2D eigenvalue weighted by molar-refractivity contribution is -0.116. The lowest BCUT2D eigenvalue weighted by Gasteiger charge is -2.36. The predicted molar refractivity (Wildman–Crippen MR) is 111 cm³/mol. The first-order valence-corrected chi connectivity index (χ1v) is 9.80. The molecule has 2 atom stereocenters. The molecule has 4 nitrogen and oxygen atoms in total. The third kappa shape index (κ3) is 3.54. The molecule has 2 fully saturated rings. The molecular formula is C23H26FN3O. The first-order valence-electron chi connectivity index (χ1n) is 9.80. The zero-order chi connectivity index (χ0) is 19.8. The summed E-state index contributed by atoms with van der Waals surface area (Å²) in [5.41, 5.74) is 9.47. The number of nitrogens with one attached hydrogen (secondary N) is 1. The Hall–Kier alpha value is -2.66. The topological polar surface area (TPSA) is 58.4 Å². The standard InChI is InChI=1S/C23H26FN3O/c1-14(23(28)26-18-12-19-8-9-20(13-18)27(19)2)21-10-5-16(11-22(21)25)15-3-6-17(24)7-4-15/h3-7,10-11,18-20H,1,8-9,12-13,25H2,2H3,(H,26,28). The van der Waals surface area contributed by atoms with Crippen LogP contribution in [-0.4, -0.2) is 36.0 Å². The summed E-state index contributed by atoms with van der Waals surface area (Å²) in [5.74, 6) is -0.434. The Morgan fingerprint density at radius 2 is 1.71 bits per heavy atom. The molecular weight excluding hydrogens is 353 g/mol. The van der Waals surface area contributed by atoms with Crippen molar-refractivity contribution in [3.05, 3.63) is 60.4 Å². The molecule has 2 unspecified atom stereocenters. The second-order valence-corrected chi connectivity index (χ2v) is 7.98. The van der Waals surface area contributed by atoms with Crippen molar-refractivity contribution in [3.63, 3.8) is 0 Å². The molecule has 2 aliphatic heterocycles. The van der Waals surface area contributed by atoms with E-state index in [1.54, 1.807) is 18.2 Å². The molecule has 0 saturated carbocycles. The largest absolute Gasteiger partial charge is 0.398 e. The maximum absolute atomic E-state index is 13.1. The molecule has 3 N–H and O–H groups in total. The first kappa shape index (κ1) is 18.7. The van der Waals surface area contributed by atoms with Crippen molar-refractivity contribution in [2.24, 2.45) is 0 Å². The van der Waals surface area contributed by atoms with Crippen molar-refractivity contribution in [3.8, 4) is 11.1 Å². The number of nitrogens with two attached hydrogens (primary N) is 1. The Morgan fingerprint density at radius 3 is 2.32 bits per heavy atom. The number of anilines is 1. The second-order valence-electron chi connectivity index (χ2n) is 7.98. The van der Waals surface area contributed by atoms with Crippen LogP contribution in [0.15, 0.2) is 49.0 Å². The maximum atomic E-state index is 13.1. The van der Waals surface area contributed by atoms with E-state index in [1.165, 1.54) is 25.0 Å². The van der Waals surface area contributed by atoms with Gasteiger partial charge >= 0.3 is 0 Å². The van der Waals surface area contributed by atoms with Gasteiger partial charge in [-0.25, -0.2) is 4.39 Å². The van der Waals surface area contributed by atoms with Gasteiger partial charge in [0.1, 0.15) is 5.82 Å². The number of fused-ring (bicyclic) bond motifs is 2. The van der Waals surface area contributed by atoms with E-state index >= 15 is 0 Å². The van der Waals surface area contributed by atoms with E-state index in [4.69, 9.17) is 5.73 Å². The minimum atomic E-state index is -0.277.